The predicted octanol–water partition coefficient (Wildman–Crippen LogP) is 7.38. The van der Waals surface area contributed by atoms with Gasteiger partial charge in [0.15, 0.2) is 0 Å². The molecular formula is C21H21N2S3W-. The molecule has 0 atom stereocenters. The first kappa shape index (κ1) is 20.9. The zero-order chi connectivity index (χ0) is 17.9. The molecule has 140 valence electrons. The van der Waals surface area contributed by atoms with Crippen LogP contribution in [-0.4, -0.2) is 8.75 Å². The number of aryl methyl sites for hydroxylation is 2. The van der Waals surface area contributed by atoms with Crippen molar-refractivity contribution in [1.29, 1.82) is 0 Å². The molecule has 0 radical (unpaired) electrons. The van der Waals surface area contributed by atoms with Crippen molar-refractivity contribution in [3.8, 4) is 20.2 Å². The van der Waals surface area contributed by atoms with Gasteiger partial charge in [-0.15, -0.1) is 34.6 Å². The van der Waals surface area contributed by atoms with Gasteiger partial charge < -0.3 is 0 Å². The van der Waals surface area contributed by atoms with Gasteiger partial charge in [-0.2, -0.15) is 15.7 Å². The summed E-state index contributed by atoms with van der Waals surface area (Å²) >= 11 is 5.04. The maximum Gasteiger partial charge on any atom is 0.0571 e. The van der Waals surface area contributed by atoms with Gasteiger partial charge in [-0.1, -0.05) is 45.2 Å². The summed E-state index contributed by atoms with van der Waals surface area (Å²) < 4.78 is 8.93. The van der Waals surface area contributed by atoms with Gasteiger partial charge in [0, 0.05) is 46.7 Å². The topological polar surface area (TPSA) is 25.8 Å². The summed E-state index contributed by atoms with van der Waals surface area (Å²) in [5.74, 6) is 0. The van der Waals surface area contributed by atoms with Crippen molar-refractivity contribution in [1.82, 2.24) is 8.75 Å². The van der Waals surface area contributed by atoms with E-state index in [9.17, 15) is 0 Å². The number of hydrogen-bond acceptors (Lipinski definition) is 5. The van der Waals surface area contributed by atoms with Gasteiger partial charge in [-0.05, 0) is 29.9 Å². The summed E-state index contributed by atoms with van der Waals surface area (Å²) in [6, 6.07) is 14.4. The van der Waals surface area contributed by atoms with Gasteiger partial charge in [0.2, 0.25) is 0 Å². The number of thiophene rings is 2. The number of rotatable bonds is 7. The first-order valence-electron chi connectivity index (χ1n) is 9.09. The average molecular weight is 581 g/mol. The van der Waals surface area contributed by atoms with Crippen LogP contribution < -0.4 is 0 Å². The van der Waals surface area contributed by atoms with Gasteiger partial charge in [0.1, 0.15) is 0 Å². The van der Waals surface area contributed by atoms with Crippen molar-refractivity contribution in [2.75, 3.05) is 0 Å². The molecule has 0 bridgehead atoms. The molecule has 0 amide bonds. The first-order valence-corrected chi connectivity index (χ1v) is 11.5. The van der Waals surface area contributed by atoms with E-state index in [-0.39, 0.29) is 21.1 Å². The van der Waals surface area contributed by atoms with Crippen LogP contribution >= 0.6 is 34.4 Å². The van der Waals surface area contributed by atoms with Crippen LogP contribution in [-0.2, 0) is 27.5 Å². The fourth-order valence-electron chi connectivity index (χ4n) is 3.09. The zero-order valence-corrected chi connectivity index (χ0v) is 20.8. The third-order valence-electron chi connectivity index (χ3n) is 4.57. The Bertz CT molecular complexity index is 1020. The van der Waals surface area contributed by atoms with Crippen molar-refractivity contribution in [3.05, 3.63) is 46.8 Å². The van der Waals surface area contributed by atoms with Gasteiger partial charge >= 0.3 is 0 Å². The second-order valence-electron chi connectivity index (χ2n) is 6.55. The van der Waals surface area contributed by atoms with Crippen LogP contribution in [0.5, 0.6) is 0 Å². The Morgan fingerprint density at radius 3 is 2.48 bits per heavy atom. The molecule has 2 nitrogen and oxygen atoms in total. The largest absolute Gasteiger partial charge is 0.224 e. The van der Waals surface area contributed by atoms with Crippen molar-refractivity contribution in [2.45, 2.75) is 46.0 Å². The van der Waals surface area contributed by atoms with Crippen LogP contribution in [0.15, 0.2) is 30.3 Å². The predicted molar refractivity (Wildman–Crippen MR) is 115 cm³/mol. The summed E-state index contributed by atoms with van der Waals surface area (Å²) in [5, 5.41) is 0. The van der Waals surface area contributed by atoms with Gasteiger partial charge in [0.25, 0.3) is 0 Å². The first-order chi connectivity index (χ1) is 12.8. The van der Waals surface area contributed by atoms with Crippen LogP contribution in [0.3, 0.4) is 0 Å². The summed E-state index contributed by atoms with van der Waals surface area (Å²) in [7, 11) is 0. The van der Waals surface area contributed by atoms with E-state index in [2.05, 4.69) is 52.9 Å². The van der Waals surface area contributed by atoms with E-state index in [4.69, 9.17) is 0 Å². The molecule has 4 rings (SSSR count). The number of hydrogen-bond donors (Lipinski definition) is 0. The summed E-state index contributed by atoms with van der Waals surface area (Å²) in [5.41, 5.74) is 4.20. The van der Waals surface area contributed by atoms with E-state index in [0.29, 0.717) is 0 Å². The van der Waals surface area contributed by atoms with Gasteiger partial charge in [-0.3, -0.25) is 0 Å². The van der Waals surface area contributed by atoms with E-state index in [1.54, 1.807) is 0 Å². The fraction of sp³-hybridized carbons (Fsp3) is 0.333. The molecule has 0 spiro atoms. The van der Waals surface area contributed by atoms with Crippen molar-refractivity contribution in [2.24, 2.45) is 0 Å². The molecule has 4 aromatic rings. The standard InChI is InChI=1S/C21H21N2S3.W/c1-3-4-5-6-7-15-9-11-18(24-15)19-13-12-17(25-19)16-10-8-14(2)20-21(16)23-26-22-20;/h8-9,11-13H,3-7H2,1-2H3;/q-1;. The molecule has 6 heteroatoms. The summed E-state index contributed by atoms with van der Waals surface area (Å²) in [4.78, 5) is 5.41. The van der Waals surface area contributed by atoms with Crippen LogP contribution in [0, 0.1) is 13.0 Å². The monoisotopic (exact) mass is 581 g/mol. The van der Waals surface area contributed by atoms with Crippen molar-refractivity contribution in [3.63, 3.8) is 0 Å². The number of nitrogens with zero attached hydrogens (tertiary/aromatic N) is 2. The van der Waals surface area contributed by atoms with Crippen molar-refractivity contribution >= 4 is 45.4 Å². The minimum Gasteiger partial charge on any atom is -0.224 e. The quantitative estimate of drug-likeness (QED) is 0.168. The third kappa shape index (κ3) is 4.59. The van der Waals surface area contributed by atoms with E-state index >= 15 is 0 Å². The van der Waals surface area contributed by atoms with E-state index in [1.807, 2.05) is 28.7 Å². The van der Waals surface area contributed by atoms with Crippen LogP contribution in [0.1, 0.15) is 43.0 Å². The second-order valence-corrected chi connectivity index (χ2v) is 9.33. The zero-order valence-electron chi connectivity index (χ0n) is 15.4. The number of aromatic nitrogens is 2. The summed E-state index contributed by atoms with van der Waals surface area (Å²) in [6.07, 6.45) is 6.50. The van der Waals surface area contributed by atoms with Crippen LogP contribution in [0.2, 0.25) is 0 Å². The Hall–Kier alpha value is -0.872. The molecule has 0 saturated heterocycles. The molecule has 1 aromatic carbocycles. The van der Waals surface area contributed by atoms with Crippen LogP contribution in [0.4, 0.5) is 0 Å². The van der Waals surface area contributed by atoms with E-state index < -0.39 is 0 Å². The smallest absolute Gasteiger partial charge is 0.0571 e. The number of fused-ring (bicyclic) bond motifs is 1. The second kappa shape index (κ2) is 9.56. The Labute approximate surface area is 187 Å². The normalized spacial score (nSPS) is 11.0. The third-order valence-corrected chi connectivity index (χ3v) is 7.54. The Morgan fingerprint density at radius 2 is 1.63 bits per heavy atom. The molecule has 0 N–H and O–H groups in total. The maximum atomic E-state index is 4.50. The number of benzene rings is 1. The Balaban J connectivity index is 0.00000210. The molecule has 3 aromatic heterocycles. The van der Waals surface area contributed by atoms with E-state index in [0.717, 1.165) is 22.2 Å². The fourth-order valence-corrected chi connectivity index (χ4v) is 5.86. The molecule has 0 unspecified atom stereocenters. The van der Waals surface area contributed by atoms with Crippen LogP contribution in [0.25, 0.3) is 31.2 Å². The molecule has 0 aliphatic heterocycles. The molecule has 0 aliphatic carbocycles. The van der Waals surface area contributed by atoms with Gasteiger partial charge in [0.05, 0.1) is 11.7 Å². The number of unbranched alkanes of at least 4 members (excludes halogenated alkanes) is 3. The van der Waals surface area contributed by atoms with Gasteiger partial charge in [-0.25, -0.2) is 4.37 Å². The maximum absolute atomic E-state index is 4.50. The molecule has 0 fully saturated rings. The SMILES string of the molecule is CCCCCCc1ccc(-c2ccc(-c3[c-]cc(C)c4nsnc34)s2)s1.[W]. The Kier molecular flexibility index (Phi) is 7.38. The van der Waals surface area contributed by atoms with E-state index in [1.165, 1.54) is 63.3 Å². The van der Waals surface area contributed by atoms with Crippen molar-refractivity contribution < 1.29 is 21.1 Å². The molecule has 3 heterocycles. The minimum absolute atomic E-state index is 0. The minimum atomic E-state index is 0. The molecule has 0 aliphatic rings. The molecular weight excluding hydrogens is 560 g/mol. The molecule has 0 saturated carbocycles. The summed E-state index contributed by atoms with van der Waals surface area (Å²) in [6.45, 7) is 4.33. The Morgan fingerprint density at radius 1 is 0.889 bits per heavy atom. The molecule has 27 heavy (non-hydrogen) atoms. The average Bonchev–Trinajstić information content (AvgIpc) is 3.38.